The molecule has 9 heteroatoms. The van der Waals surface area contributed by atoms with E-state index in [4.69, 9.17) is 9.15 Å². The van der Waals surface area contributed by atoms with E-state index < -0.39 is 15.8 Å². The molecule has 0 atom stereocenters. The second kappa shape index (κ2) is 8.73. The van der Waals surface area contributed by atoms with Crippen LogP contribution in [0, 0.1) is 11.7 Å². The van der Waals surface area contributed by atoms with Gasteiger partial charge in [0.15, 0.2) is 0 Å². The number of anilines is 1. The summed E-state index contributed by atoms with van der Waals surface area (Å²) in [6.07, 6.45) is 0.753. The summed E-state index contributed by atoms with van der Waals surface area (Å²) in [6.45, 7) is 0.412. The zero-order valence-corrected chi connectivity index (χ0v) is 19.3. The molecule has 176 valence electrons. The van der Waals surface area contributed by atoms with E-state index in [-0.39, 0.29) is 29.8 Å². The Kier molecular flexibility index (Phi) is 5.75. The quantitative estimate of drug-likeness (QED) is 0.443. The molecule has 0 saturated carbocycles. The van der Waals surface area contributed by atoms with E-state index in [1.165, 1.54) is 23.5 Å². The van der Waals surface area contributed by atoms with Crippen LogP contribution >= 0.6 is 0 Å². The summed E-state index contributed by atoms with van der Waals surface area (Å²) in [4.78, 5) is 13.0. The number of ether oxygens (including phenoxy) is 1. The highest BCUT2D eigenvalue weighted by Gasteiger charge is 2.32. The Morgan fingerprint density at radius 1 is 1.03 bits per heavy atom. The lowest BCUT2D eigenvalue weighted by atomic mass is 9.97. The maximum atomic E-state index is 13.2. The normalized spacial score (nSPS) is 15.6. The molecule has 0 radical (unpaired) electrons. The maximum absolute atomic E-state index is 13.2. The van der Waals surface area contributed by atoms with Crippen LogP contribution in [-0.2, 0) is 14.8 Å². The molecule has 0 bridgehead atoms. The number of halogens is 1. The number of furan rings is 1. The van der Waals surface area contributed by atoms with Gasteiger partial charge in [-0.25, -0.2) is 12.8 Å². The molecule has 4 aromatic rings. The number of carbonyl (C=O) groups is 1. The second-order valence-corrected chi connectivity index (χ2v) is 10.2. The third kappa shape index (κ3) is 4.01. The molecule has 5 rings (SSSR count). The number of piperidine rings is 1. The van der Waals surface area contributed by atoms with Crippen molar-refractivity contribution in [2.45, 2.75) is 17.7 Å². The van der Waals surface area contributed by atoms with Gasteiger partial charge >= 0.3 is 0 Å². The number of fused-ring (bicyclic) bond motifs is 3. The average molecular weight is 483 g/mol. The van der Waals surface area contributed by atoms with Gasteiger partial charge in [0, 0.05) is 35.8 Å². The first-order chi connectivity index (χ1) is 16.4. The van der Waals surface area contributed by atoms with Crippen molar-refractivity contribution in [1.29, 1.82) is 0 Å². The molecule has 1 N–H and O–H groups in total. The van der Waals surface area contributed by atoms with E-state index in [9.17, 15) is 17.6 Å². The van der Waals surface area contributed by atoms with Gasteiger partial charge in [-0.2, -0.15) is 4.31 Å². The van der Waals surface area contributed by atoms with E-state index in [1.807, 2.05) is 30.3 Å². The van der Waals surface area contributed by atoms with Gasteiger partial charge in [-0.15, -0.1) is 0 Å². The molecule has 1 aromatic heterocycles. The number of para-hydroxylation sites is 1. The van der Waals surface area contributed by atoms with Crippen LogP contribution in [0.4, 0.5) is 10.1 Å². The predicted molar refractivity (Wildman–Crippen MR) is 127 cm³/mol. The molecule has 1 amide bonds. The van der Waals surface area contributed by atoms with Crippen molar-refractivity contribution in [3.63, 3.8) is 0 Å². The number of carbonyl (C=O) groups excluding carboxylic acids is 1. The van der Waals surface area contributed by atoms with Gasteiger partial charge in [0.05, 0.1) is 17.7 Å². The highest BCUT2D eigenvalue weighted by molar-refractivity contribution is 7.89. The minimum absolute atomic E-state index is 0.0423. The molecule has 34 heavy (non-hydrogen) atoms. The monoisotopic (exact) mass is 482 g/mol. The Morgan fingerprint density at radius 2 is 1.74 bits per heavy atom. The third-order valence-corrected chi connectivity index (χ3v) is 8.15. The van der Waals surface area contributed by atoms with Crippen molar-refractivity contribution < 1.29 is 26.8 Å². The lowest BCUT2D eigenvalue weighted by molar-refractivity contribution is -0.120. The zero-order chi connectivity index (χ0) is 23.9. The fourth-order valence-electron chi connectivity index (χ4n) is 4.37. The molecule has 1 aliphatic rings. The molecule has 2 heterocycles. The molecular formula is C25H23FN2O5S. The van der Waals surface area contributed by atoms with Gasteiger partial charge < -0.3 is 14.5 Å². The number of hydrogen-bond donors (Lipinski definition) is 1. The SMILES string of the molecule is COc1cc2c(cc1NC(=O)C1CCN(S(=O)(=O)c3ccc(F)cc3)CC1)oc1ccccc12. The van der Waals surface area contributed by atoms with Crippen LogP contribution in [0.2, 0.25) is 0 Å². The molecule has 1 fully saturated rings. The van der Waals surface area contributed by atoms with E-state index in [1.54, 1.807) is 6.07 Å². The minimum Gasteiger partial charge on any atom is -0.495 e. The molecule has 1 aliphatic heterocycles. The first-order valence-corrected chi connectivity index (χ1v) is 12.4. The van der Waals surface area contributed by atoms with Gasteiger partial charge in [0.2, 0.25) is 15.9 Å². The standard InChI is InChI=1S/C25H23FN2O5S/c1-32-24-14-20-19-4-2-3-5-22(19)33-23(20)15-21(24)27-25(29)16-10-12-28(13-11-16)34(30,31)18-8-6-17(26)7-9-18/h2-9,14-16H,10-13H2,1H3,(H,27,29). The van der Waals surface area contributed by atoms with Crippen LogP contribution in [0.1, 0.15) is 12.8 Å². The fourth-order valence-corrected chi connectivity index (χ4v) is 5.84. The smallest absolute Gasteiger partial charge is 0.243 e. The summed E-state index contributed by atoms with van der Waals surface area (Å²) in [7, 11) is -2.19. The number of benzene rings is 3. The van der Waals surface area contributed by atoms with Crippen molar-refractivity contribution in [3.8, 4) is 5.75 Å². The summed E-state index contributed by atoms with van der Waals surface area (Å²) in [5, 5.41) is 4.78. The van der Waals surface area contributed by atoms with Crippen LogP contribution in [-0.4, -0.2) is 38.8 Å². The summed E-state index contributed by atoms with van der Waals surface area (Å²) < 4.78 is 51.6. The molecule has 1 saturated heterocycles. The van der Waals surface area contributed by atoms with Crippen molar-refractivity contribution in [2.75, 3.05) is 25.5 Å². The predicted octanol–water partition coefficient (Wildman–Crippen LogP) is 4.77. The van der Waals surface area contributed by atoms with Crippen LogP contribution in [0.5, 0.6) is 5.75 Å². The van der Waals surface area contributed by atoms with Crippen LogP contribution < -0.4 is 10.1 Å². The number of hydrogen-bond acceptors (Lipinski definition) is 5. The number of amides is 1. The third-order valence-electron chi connectivity index (χ3n) is 6.23. The van der Waals surface area contributed by atoms with Crippen molar-refractivity contribution in [3.05, 3.63) is 66.5 Å². The van der Waals surface area contributed by atoms with Crippen molar-refractivity contribution in [2.24, 2.45) is 5.92 Å². The van der Waals surface area contributed by atoms with Crippen LogP contribution in [0.15, 0.2) is 70.0 Å². The highest BCUT2D eigenvalue weighted by Crippen LogP contribution is 2.37. The Balaban J connectivity index is 1.31. The van der Waals surface area contributed by atoms with E-state index in [0.717, 1.165) is 28.5 Å². The number of methoxy groups -OCH3 is 1. The summed E-state index contributed by atoms with van der Waals surface area (Å²) in [5.74, 6) is -0.530. The van der Waals surface area contributed by atoms with Gasteiger partial charge in [0.1, 0.15) is 22.7 Å². The largest absolute Gasteiger partial charge is 0.495 e. The highest BCUT2D eigenvalue weighted by atomic mass is 32.2. The first kappa shape index (κ1) is 22.4. The Morgan fingerprint density at radius 3 is 2.44 bits per heavy atom. The van der Waals surface area contributed by atoms with Crippen LogP contribution in [0.3, 0.4) is 0 Å². The lowest BCUT2D eigenvalue weighted by Gasteiger charge is -2.30. The van der Waals surface area contributed by atoms with Gasteiger partial charge in [-0.3, -0.25) is 4.79 Å². The molecule has 0 unspecified atom stereocenters. The fraction of sp³-hybridized carbons (Fsp3) is 0.240. The number of nitrogens with zero attached hydrogens (tertiary/aromatic N) is 1. The molecule has 7 nitrogen and oxygen atoms in total. The van der Waals surface area contributed by atoms with Crippen molar-refractivity contribution in [1.82, 2.24) is 4.31 Å². The summed E-state index contributed by atoms with van der Waals surface area (Å²) in [5.41, 5.74) is 1.88. The zero-order valence-electron chi connectivity index (χ0n) is 18.5. The topological polar surface area (TPSA) is 88.9 Å². The molecule has 0 aliphatic carbocycles. The number of rotatable bonds is 5. The van der Waals surface area contributed by atoms with Crippen molar-refractivity contribution >= 4 is 43.6 Å². The Labute approximate surface area is 196 Å². The van der Waals surface area contributed by atoms with E-state index in [0.29, 0.717) is 29.9 Å². The Hall–Kier alpha value is -3.43. The van der Waals surface area contributed by atoms with Crippen LogP contribution in [0.25, 0.3) is 21.9 Å². The molecule has 3 aromatic carbocycles. The maximum Gasteiger partial charge on any atom is 0.243 e. The van der Waals surface area contributed by atoms with Gasteiger partial charge in [-0.05, 0) is 49.2 Å². The minimum atomic E-state index is -3.73. The van der Waals surface area contributed by atoms with Gasteiger partial charge in [-0.1, -0.05) is 18.2 Å². The second-order valence-electron chi connectivity index (χ2n) is 8.27. The lowest BCUT2D eigenvalue weighted by Crippen LogP contribution is -2.41. The number of sulfonamides is 1. The van der Waals surface area contributed by atoms with Gasteiger partial charge in [0.25, 0.3) is 0 Å². The van der Waals surface area contributed by atoms with E-state index in [2.05, 4.69) is 5.32 Å². The summed E-state index contributed by atoms with van der Waals surface area (Å²) >= 11 is 0. The average Bonchev–Trinajstić information content (AvgIpc) is 3.21. The Bertz CT molecular complexity index is 1470. The molecular weight excluding hydrogens is 459 g/mol. The molecule has 0 spiro atoms. The van der Waals surface area contributed by atoms with E-state index >= 15 is 0 Å². The first-order valence-electron chi connectivity index (χ1n) is 10.9. The summed E-state index contributed by atoms with van der Waals surface area (Å²) in [6, 6.07) is 16.0. The number of nitrogens with one attached hydrogen (secondary N) is 1.